The first-order chi connectivity index (χ1) is 5.31. The largest absolute Gasteiger partial charge is 0.300 e. The summed E-state index contributed by atoms with van der Waals surface area (Å²) in [7, 11) is 0. The Morgan fingerprint density at radius 2 is 2.00 bits per heavy atom. The van der Waals surface area contributed by atoms with Crippen molar-refractivity contribution in [2.24, 2.45) is 4.99 Å². The molecule has 2 rings (SSSR count). The third-order valence-electron chi connectivity index (χ3n) is 2.84. The molecule has 0 N–H and O–H groups in total. The second kappa shape index (κ2) is 2.43. The third-order valence-corrected chi connectivity index (χ3v) is 2.84. The Labute approximate surface area is 66.7 Å². The number of hydrogen-bond acceptors (Lipinski definition) is 2. The van der Waals surface area contributed by atoms with Crippen molar-refractivity contribution in [1.82, 2.24) is 0 Å². The van der Waals surface area contributed by atoms with Gasteiger partial charge in [0.15, 0.2) is 0 Å². The van der Waals surface area contributed by atoms with Crippen LogP contribution < -0.4 is 0 Å². The van der Waals surface area contributed by atoms with E-state index in [1.54, 1.807) is 0 Å². The van der Waals surface area contributed by atoms with E-state index >= 15 is 0 Å². The average molecular weight is 151 g/mol. The fourth-order valence-corrected chi connectivity index (χ4v) is 2.03. The highest BCUT2D eigenvalue weighted by molar-refractivity contribution is 5.79. The summed E-state index contributed by atoms with van der Waals surface area (Å²) in [6.45, 7) is 0. The fourth-order valence-electron chi connectivity index (χ4n) is 2.03. The van der Waals surface area contributed by atoms with Crippen molar-refractivity contribution in [1.29, 1.82) is 0 Å². The van der Waals surface area contributed by atoms with Gasteiger partial charge in [-0.25, -0.2) is 0 Å². The van der Waals surface area contributed by atoms with Gasteiger partial charge in [0.25, 0.3) is 0 Å². The van der Waals surface area contributed by atoms with Gasteiger partial charge in [-0.2, -0.15) is 0 Å². The maximum atomic E-state index is 11.0. The summed E-state index contributed by atoms with van der Waals surface area (Å²) in [6, 6.07) is 0. The number of Topliss-reactive ketones (excluding diaryl/α,β-unsaturated/α-hetero) is 1. The van der Waals surface area contributed by atoms with Crippen LogP contribution in [0.5, 0.6) is 0 Å². The maximum Gasteiger partial charge on any atom is 0.133 e. The molecule has 0 aromatic heterocycles. The molecule has 0 radical (unpaired) electrons. The number of aliphatic imine (C=N–C) groups is 1. The smallest absolute Gasteiger partial charge is 0.133 e. The summed E-state index contributed by atoms with van der Waals surface area (Å²) in [6.07, 6.45) is 7.85. The Kier molecular flexibility index (Phi) is 1.55. The first kappa shape index (κ1) is 7.01. The summed E-state index contributed by atoms with van der Waals surface area (Å²) in [5.74, 6) is 0.428. The van der Waals surface area contributed by atoms with Crippen LogP contribution in [0.2, 0.25) is 0 Å². The Bertz CT molecular complexity index is 198. The van der Waals surface area contributed by atoms with Crippen LogP contribution >= 0.6 is 0 Å². The Morgan fingerprint density at radius 3 is 2.55 bits per heavy atom. The van der Waals surface area contributed by atoms with Crippen molar-refractivity contribution in [2.45, 2.75) is 44.1 Å². The quantitative estimate of drug-likeness (QED) is 0.518. The highest BCUT2D eigenvalue weighted by Crippen LogP contribution is 2.36. The van der Waals surface area contributed by atoms with Crippen LogP contribution in [0, 0.1) is 0 Å². The molecular formula is C9H13NO. The lowest BCUT2D eigenvalue weighted by Crippen LogP contribution is -2.29. The first-order valence-electron chi connectivity index (χ1n) is 4.36. The monoisotopic (exact) mass is 151 g/mol. The fraction of sp³-hybridized carbons (Fsp3) is 0.778. The summed E-state index contributed by atoms with van der Waals surface area (Å²) in [5, 5.41) is 0. The predicted molar refractivity (Wildman–Crippen MR) is 43.9 cm³/mol. The maximum absolute atomic E-state index is 11.0. The Morgan fingerprint density at radius 1 is 1.27 bits per heavy atom. The minimum atomic E-state index is 0.202. The lowest BCUT2D eigenvalue weighted by Gasteiger charge is -2.29. The molecule has 2 nitrogen and oxygen atoms in total. The predicted octanol–water partition coefficient (Wildman–Crippen LogP) is 1.73. The van der Waals surface area contributed by atoms with Crippen LogP contribution in [0.1, 0.15) is 38.5 Å². The van der Waals surface area contributed by atoms with E-state index in [4.69, 9.17) is 0 Å². The molecule has 2 heteroatoms. The van der Waals surface area contributed by atoms with Gasteiger partial charge in [-0.1, -0.05) is 0 Å². The minimum Gasteiger partial charge on any atom is -0.300 e. The van der Waals surface area contributed by atoms with E-state index in [9.17, 15) is 4.79 Å². The Hall–Kier alpha value is -0.660. The van der Waals surface area contributed by atoms with Gasteiger partial charge in [-0.15, -0.1) is 0 Å². The highest BCUT2D eigenvalue weighted by atomic mass is 16.1. The standard InChI is InChI=1S/C9H13NO/c11-8-2-5-9(6-3-8)4-1-7-10-9/h7H,1-6H2. The van der Waals surface area contributed by atoms with E-state index in [1.807, 2.05) is 6.21 Å². The third kappa shape index (κ3) is 1.22. The molecule has 1 aliphatic heterocycles. The van der Waals surface area contributed by atoms with Gasteiger partial charge >= 0.3 is 0 Å². The molecule has 1 spiro atoms. The number of hydrogen-bond donors (Lipinski definition) is 0. The summed E-state index contributed by atoms with van der Waals surface area (Å²) in [4.78, 5) is 15.4. The van der Waals surface area contributed by atoms with Crippen LogP contribution in [-0.2, 0) is 4.79 Å². The van der Waals surface area contributed by atoms with E-state index in [0.29, 0.717) is 5.78 Å². The topological polar surface area (TPSA) is 29.4 Å². The molecular weight excluding hydrogens is 138 g/mol. The molecule has 0 aromatic carbocycles. The van der Waals surface area contributed by atoms with Crippen molar-refractivity contribution >= 4 is 12.0 Å². The molecule has 0 amide bonds. The van der Waals surface area contributed by atoms with Crippen molar-refractivity contribution in [2.75, 3.05) is 0 Å². The molecule has 2 aliphatic rings. The van der Waals surface area contributed by atoms with Gasteiger partial charge in [0.1, 0.15) is 5.78 Å². The van der Waals surface area contributed by atoms with E-state index < -0.39 is 0 Å². The van der Waals surface area contributed by atoms with Crippen LogP contribution in [0.25, 0.3) is 0 Å². The molecule has 1 aliphatic carbocycles. The van der Waals surface area contributed by atoms with Crippen molar-refractivity contribution in [3.05, 3.63) is 0 Å². The molecule has 0 unspecified atom stereocenters. The zero-order chi connectivity index (χ0) is 7.73. The van der Waals surface area contributed by atoms with E-state index in [1.165, 1.54) is 6.42 Å². The molecule has 0 aromatic rings. The van der Waals surface area contributed by atoms with E-state index in [-0.39, 0.29) is 5.54 Å². The van der Waals surface area contributed by atoms with Crippen molar-refractivity contribution in [3.63, 3.8) is 0 Å². The minimum absolute atomic E-state index is 0.202. The van der Waals surface area contributed by atoms with Crippen molar-refractivity contribution < 1.29 is 4.79 Å². The van der Waals surface area contributed by atoms with Crippen LogP contribution in [0.3, 0.4) is 0 Å². The summed E-state index contributed by atoms with van der Waals surface area (Å²) >= 11 is 0. The lowest BCUT2D eigenvalue weighted by molar-refractivity contribution is -0.121. The number of nitrogens with zero attached hydrogens (tertiary/aromatic N) is 1. The Balaban J connectivity index is 2.05. The van der Waals surface area contributed by atoms with Gasteiger partial charge in [0.2, 0.25) is 0 Å². The van der Waals surface area contributed by atoms with E-state index in [0.717, 1.165) is 32.1 Å². The molecule has 0 atom stereocenters. The second-order valence-electron chi connectivity index (χ2n) is 3.61. The molecule has 11 heavy (non-hydrogen) atoms. The van der Waals surface area contributed by atoms with Gasteiger partial charge in [-0.05, 0) is 31.9 Å². The molecule has 60 valence electrons. The normalized spacial score (nSPS) is 28.2. The number of carbonyl (C=O) groups excluding carboxylic acids is 1. The van der Waals surface area contributed by atoms with Crippen LogP contribution in [0.4, 0.5) is 0 Å². The lowest BCUT2D eigenvalue weighted by atomic mass is 9.80. The molecule has 1 saturated carbocycles. The molecule has 0 bridgehead atoms. The number of rotatable bonds is 0. The first-order valence-corrected chi connectivity index (χ1v) is 4.36. The highest BCUT2D eigenvalue weighted by Gasteiger charge is 2.35. The zero-order valence-corrected chi connectivity index (χ0v) is 6.68. The molecule has 1 fully saturated rings. The zero-order valence-electron chi connectivity index (χ0n) is 6.68. The van der Waals surface area contributed by atoms with E-state index in [2.05, 4.69) is 4.99 Å². The summed E-state index contributed by atoms with van der Waals surface area (Å²) < 4.78 is 0. The van der Waals surface area contributed by atoms with Crippen molar-refractivity contribution in [3.8, 4) is 0 Å². The van der Waals surface area contributed by atoms with Crippen LogP contribution in [0.15, 0.2) is 4.99 Å². The molecule has 0 saturated heterocycles. The second-order valence-corrected chi connectivity index (χ2v) is 3.61. The SMILES string of the molecule is O=C1CCC2(CCC=N2)CC1. The van der Waals surface area contributed by atoms with Gasteiger partial charge in [0.05, 0.1) is 5.54 Å². The average Bonchev–Trinajstić information content (AvgIpc) is 2.45. The summed E-state index contributed by atoms with van der Waals surface area (Å²) in [5.41, 5.74) is 0.202. The van der Waals surface area contributed by atoms with Gasteiger partial charge < -0.3 is 0 Å². The van der Waals surface area contributed by atoms with Gasteiger partial charge in [-0.3, -0.25) is 9.79 Å². The number of carbonyl (C=O) groups is 1. The molecule has 1 heterocycles. The van der Waals surface area contributed by atoms with Gasteiger partial charge in [0, 0.05) is 12.8 Å². The number of ketones is 1. The van der Waals surface area contributed by atoms with Crippen LogP contribution in [-0.4, -0.2) is 17.5 Å².